The molecule has 0 bridgehead atoms. The Morgan fingerprint density at radius 2 is 2.17 bits per heavy atom. The van der Waals surface area contributed by atoms with Gasteiger partial charge in [0.25, 0.3) is 5.91 Å². The molecule has 2 atom stereocenters. The quantitative estimate of drug-likeness (QED) is 0.671. The number of ether oxygens (including phenoxy) is 2. The van der Waals surface area contributed by atoms with Crippen LogP contribution in [0.4, 0.5) is 0 Å². The highest BCUT2D eigenvalue weighted by Crippen LogP contribution is 2.40. The van der Waals surface area contributed by atoms with E-state index in [1.807, 2.05) is 44.0 Å². The van der Waals surface area contributed by atoms with E-state index in [4.69, 9.17) is 9.47 Å². The summed E-state index contributed by atoms with van der Waals surface area (Å²) in [4.78, 5) is 27.0. The fourth-order valence-corrected chi connectivity index (χ4v) is 3.88. The van der Waals surface area contributed by atoms with Crippen molar-refractivity contribution in [2.75, 3.05) is 19.8 Å². The fraction of sp³-hybridized carbons (Fsp3) is 0.500. The Kier molecular flexibility index (Phi) is 5.30. The molecule has 154 valence electrons. The van der Waals surface area contributed by atoms with Crippen LogP contribution in [0.2, 0.25) is 0 Å². The summed E-state index contributed by atoms with van der Waals surface area (Å²) >= 11 is 0. The van der Waals surface area contributed by atoms with Crippen LogP contribution in [0.15, 0.2) is 24.3 Å². The van der Waals surface area contributed by atoms with E-state index in [-0.39, 0.29) is 23.7 Å². The van der Waals surface area contributed by atoms with Gasteiger partial charge in [0.05, 0.1) is 19.1 Å². The Morgan fingerprint density at radius 3 is 2.90 bits per heavy atom. The summed E-state index contributed by atoms with van der Waals surface area (Å²) in [7, 11) is 1.83. The number of hydrogen-bond donors (Lipinski definition) is 0. The first-order valence-electron chi connectivity index (χ1n) is 10.2. The monoisotopic (exact) mass is 397 g/mol. The lowest BCUT2D eigenvalue weighted by atomic mass is 10.1. The molecule has 0 saturated heterocycles. The van der Waals surface area contributed by atoms with Crippen LogP contribution in [0, 0.1) is 18.8 Å². The normalized spacial score (nSPS) is 19.4. The molecule has 29 heavy (non-hydrogen) atoms. The van der Waals surface area contributed by atoms with E-state index in [0.717, 1.165) is 29.8 Å². The molecule has 0 N–H and O–H groups in total. The first-order chi connectivity index (χ1) is 14.0. The zero-order chi connectivity index (χ0) is 20.5. The van der Waals surface area contributed by atoms with Crippen LogP contribution in [0.1, 0.15) is 40.7 Å². The van der Waals surface area contributed by atoms with Crippen LogP contribution in [0.5, 0.6) is 5.75 Å². The van der Waals surface area contributed by atoms with Gasteiger partial charge >= 0.3 is 5.97 Å². The van der Waals surface area contributed by atoms with E-state index in [9.17, 15) is 9.59 Å². The molecule has 7 nitrogen and oxygen atoms in total. The Bertz CT molecular complexity index is 917. The number of nitrogens with zero attached hydrogens (tertiary/aromatic N) is 3. The number of fused-ring (bicyclic) bond motifs is 1. The number of aromatic nitrogens is 2. The van der Waals surface area contributed by atoms with Crippen molar-refractivity contribution in [3.05, 3.63) is 46.8 Å². The maximum Gasteiger partial charge on any atom is 0.309 e. The van der Waals surface area contributed by atoms with Gasteiger partial charge in [0.15, 0.2) is 5.69 Å². The van der Waals surface area contributed by atoms with E-state index in [0.29, 0.717) is 32.0 Å². The van der Waals surface area contributed by atoms with Gasteiger partial charge in [0.1, 0.15) is 5.75 Å². The van der Waals surface area contributed by atoms with Crippen molar-refractivity contribution >= 4 is 11.9 Å². The Balaban J connectivity index is 1.52. The fourth-order valence-electron chi connectivity index (χ4n) is 3.88. The molecular weight excluding hydrogens is 370 g/mol. The van der Waals surface area contributed by atoms with Gasteiger partial charge in [-0.05, 0) is 49.4 Å². The van der Waals surface area contributed by atoms with Gasteiger partial charge in [-0.25, -0.2) is 0 Å². The number of rotatable bonds is 7. The van der Waals surface area contributed by atoms with Crippen LogP contribution in [-0.4, -0.2) is 46.3 Å². The highest BCUT2D eigenvalue weighted by Gasteiger charge is 2.45. The molecule has 0 unspecified atom stereocenters. The largest absolute Gasteiger partial charge is 0.493 e. The molecule has 2 aliphatic rings. The standard InChI is InChI=1S/C22H27N3O4/c1-4-28-22(27)18-11-17(18)13-25(21(26)19-9-14(2)24(3)23-19)12-15-5-6-20-16(10-15)7-8-29-20/h5-6,9-10,17-18H,4,7-8,11-13H2,1-3H3/t17-,18-/m1/s1. The summed E-state index contributed by atoms with van der Waals surface area (Å²) in [5.41, 5.74) is 3.60. The summed E-state index contributed by atoms with van der Waals surface area (Å²) in [5, 5.41) is 4.36. The summed E-state index contributed by atoms with van der Waals surface area (Å²) in [6.45, 7) is 5.82. The molecule has 1 saturated carbocycles. The molecular formula is C22H27N3O4. The SMILES string of the molecule is CCOC(=O)[C@@H]1C[C@@H]1CN(Cc1ccc2c(c1)CCO2)C(=O)c1cc(C)n(C)n1. The molecule has 0 radical (unpaired) electrons. The van der Waals surface area contributed by atoms with E-state index in [1.54, 1.807) is 4.68 Å². The minimum atomic E-state index is -0.159. The van der Waals surface area contributed by atoms with Gasteiger partial charge in [0, 0.05) is 32.3 Å². The molecule has 2 heterocycles. The zero-order valence-corrected chi connectivity index (χ0v) is 17.2. The summed E-state index contributed by atoms with van der Waals surface area (Å²) in [6.07, 6.45) is 1.66. The average molecular weight is 397 g/mol. The van der Waals surface area contributed by atoms with Crippen molar-refractivity contribution in [2.45, 2.75) is 33.2 Å². The highest BCUT2D eigenvalue weighted by atomic mass is 16.5. The van der Waals surface area contributed by atoms with Gasteiger partial charge in [0.2, 0.25) is 0 Å². The highest BCUT2D eigenvalue weighted by molar-refractivity contribution is 5.92. The van der Waals surface area contributed by atoms with Gasteiger partial charge in [-0.15, -0.1) is 0 Å². The van der Waals surface area contributed by atoms with Crippen molar-refractivity contribution in [2.24, 2.45) is 18.9 Å². The topological polar surface area (TPSA) is 73.7 Å². The molecule has 2 aromatic rings. The van der Waals surface area contributed by atoms with Gasteiger partial charge in [-0.3, -0.25) is 14.3 Å². The lowest BCUT2D eigenvalue weighted by Gasteiger charge is -2.22. The summed E-state index contributed by atoms with van der Waals surface area (Å²) < 4.78 is 12.4. The van der Waals surface area contributed by atoms with Crippen molar-refractivity contribution in [1.82, 2.24) is 14.7 Å². The minimum Gasteiger partial charge on any atom is -0.493 e. The average Bonchev–Trinajstić information content (AvgIpc) is 3.16. The number of hydrogen-bond acceptors (Lipinski definition) is 5. The molecule has 1 aromatic heterocycles. The van der Waals surface area contributed by atoms with Crippen molar-refractivity contribution in [3.8, 4) is 5.75 Å². The molecule has 0 spiro atoms. The first-order valence-corrected chi connectivity index (χ1v) is 10.2. The van der Waals surface area contributed by atoms with Crippen LogP contribution >= 0.6 is 0 Å². The van der Waals surface area contributed by atoms with E-state index in [1.165, 1.54) is 5.56 Å². The van der Waals surface area contributed by atoms with Crippen LogP contribution in [-0.2, 0) is 29.5 Å². The lowest BCUT2D eigenvalue weighted by molar-refractivity contribution is -0.145. The minimum absolute atomic E-state index is 0.107. The van der Waals surface area contributed by atoms with Crippen LogP contribution < -0.4 is 4.74 Å². The third kappa shape index (κ3) is 4.13. The number of carbonyl (C=O) groups is 2. The van der Waals surface area contributed by atoms with Crippen molar-refractivity contribution < 1.29 is 19.1 Å². The number of carbonyl (C=O) groups excluding carboxylic acids is 2. The van der Waals surface area contributed by atoms with E-state index in [2.05, 4.69) is 11.2 Å². The smallest absolute Gasteiger partial charge is 0.309 e. The molecule has 1 fully saturated rings. The Hall–Kier alpha value is -2.83. The maximum absolute atomic E-state index is 13.2. The lowest BCUT2D eigenvalue weighted by Crippen LogP contribution is -2.33. The maximum atomic E-state index is 13.2. The summed E-state index contributed by atoms with van der Waals surface area (Å²) in [6, 6.07) is 7.90. The predicted molar refractivity (Wildman–Crippen MR) is 107 cm³/mol. The zero-order valence-electron chi connectivity index (χ0n) is 17.2. The molecule has 1 aliphatic carbocycles. The second-order valence-corrected chi connectivity index (χ2v) is 7.88. The van der Waals surface area contributed by atoms with Crippen LogP contribution in [0.25, 0.3) is 0 Å². The Morgan fingerprint density at radius 1 is 1.34 bits per heavy atom. The predicted octanol–water partition coefficient (Wildman–Crippen LogP) is 2.51. The van der Waals surface area contributed by atoms with Gasteiger partial charge in [-0.1, -0.05) is 12.1 Å². The molecule has 4 rings (SSSR count). The third-order valence-corrected chi connectivity index (χ3v) is 5.71. The summed E-state index contributed by atoms with van der Waals surface area (Å²) in [5.74, 6) is 0.689. The van der Waals surface area contributed by atoms with Gasteiger partial charge in [-0.2, -0.15) is 5.10 Å². The number of benzene rings is 1. The number of esters is 1. The molecule has 1 aromatic carbocycles. The second kappa shape index (κ2) is 7.89. The van der Waals surface area contributed by atoms with Crippen LogP contribution in [0.3, 0.4) is 0 Å². The molecule has 1 aliphatic heterocycles. The number of amides is 1. The second-order valence-electron chi connectivity index (χ2n) is 7.88. The van der Waals surface area contributed by atoms with E-state index >= 15 is 0 Å². The Labute approximate surface area is 170 Å². The first kappa shape index (κ1) is 19.5. The molecule has 7 heteroatoms. The van der Waals surface area contributed by atoms with Crippen molar-refractivity contribution in [1.29, 1.82) is 0 Å². The van der Waals surface area contributed by atoms with Crippen molar-refractivity contribution in [3.63, 3.8) is 0 Å². The third-order valence-electron chi connectivity index (χ3n) is 5.71. The van der Waals surface area contributed by atoms with E-state index < -0.39 is 0 Å². The molecule has 1 amide bonds. The van der Waals surface area contributed by atoms with Gasteiger partial charge < -0.3 is 14.4 Å². The number of aryl methyl sites for hydroxylation is 2.